The van der Waals surface area contributed by atoms with Crippen molar-refractivity contribution in [2.75, 3.05) is 0 Å². The Hall–Kier alpha value is -3.16. The number of carbonyl (C=O) groups excluding carboxylic acids is 1. The van der Waals surface area contributed by atoms with Crippen molar-refractivity contribution in [3.63, 3.8) is 0 Å². The highest BCUT2D eigenvalue weighted by molar-refractivity contribution is 9.10. The summed E-state index contributed by atoms with van der Waals surface area (Å²) in [7, 11) is 0. The Morgan fingerprint density at radius 2 is 1.94 bits per heavy atom. The maximum absolute atomic E-state index is 13.5. The Balaban J connectivity index is 1.68. The molecular weight excluding hydrogens is 509 g/mol. The van der Waals surface area contributed by atoms with E-state index in [0.717, 1.165) is 21.2 Å². The zero-order valence-corrected chi connectivity index (χ0v) is 19.8. The van der Waals surface area contributed by atoms with E-state index >= 15 is 0 Å². The van der Waals surface area contributed by atoms with Gasteiger partial charge in [-0.2, -0.15) is 5.10 Å². The summed E-state index contributed by atoms with van der Waals surface area (Å²) >= 11 is 9.86. The van der Waals surface area contributed by atoms with Gasteiger partial charge in [0.25, 0.3) is 5.91 Å². The number of hydrogen-bond acceptors (Lipinski definition) is 3. The van der Waals surface area contributed by atoms with Gasteiger partial charge in [-0.15, -0.1) is 0 Å². The molecule has 5 nitrogen and oxygen atoms in total. The molecule has 0 saturated carbocycles. The van der Waals surface area contributed by atoms with Gasteiger partial charge in [0.15, 0.2) is 0 Å². The van der Waals surface area contributed by atoms with Crippen LogP contribution in [0.4, 0.5) is 4.39 Å². The molecule has 0 fully saturated rings. The van der Waals surface area contributed by atoms with Gasteiger partial charge in [-0.3, -0.25) is 9.89 Å². The molecule has 0 spiro atoms. The van der Waals surface area contributed by atoms with Crippen molar-refractivity contribution in [1.29, 1.82) is 0 Å². The van der Waals surface area contributed by atoms with Gasteiger partial charge in [0.1, 0.15) is 23.0 Å². The summed E-state index contributed by atoms with van der Waals surface area (Å²) < 4.78 is 14.3. The number of fused-ring (bicyclic) bond motifs is 1. The Morgan fingerprint density at radius 3 is 2.67 bits per heavy atom. The third-order valence-electron chi connectivity index (χ3n) is 5.83. The fraction of sp³-hybridized carbons (Fsp3) is 0.120. The number of rotatable bonds is 4. The highest BCUT2D eigenvalue weighted by Crippen LogP contribution is 2.46. The molecule has 0 aliphatic carbocycles. The maximum atomic E-state index is 13.5. The molecule has 4 aromatic rings. The van der Waals surface area contributed by atoms with E-state index in [1.165, 1.54) is 12.1 Å². The van der Waals surface area contributed by atoms with Crippen LogP contribution in [0.1, 0.15) is 38.8 Å². The second-order valence-electron chi connectivity index (χ2n) is 8.00. The van der Waals surface area contributed by atoms with Crippen molar-refractivity contribution in [3.8, 4) is 17.0 Å². The van der Waals surface area contributed by atoms with Crippen molar-refractivity contribution < 1.29 is 14.3 Å². The molecule has 1 aliphatic heterocycles. The summed E-state index contributed by atoms with van der Waals surface area (Å²) in [6, 6.07) is 16.6. The van der Waals surface area contributed by atoms with E-state index in [0.29, 0.717) is 27.5 Å². The van der Waals surface area contributed by atoms with E-state index in [1.807, 2.05) is 24.3 Å². The molecule has 0 radical (unpaired) electrons. The minimum absolute atomic E-state index is 0.0311. The first-order chi connectivity index (χ1) is 15.8. The average Bonchev–Trinajstić information content (AvgIpc) is 3.32. The summed E-state index contributed by atoms with van der Waals surface area (Å²) in [5.74, 6) is -0.530. The quantitative estimate of drug-likeness (QED) is 0.324. The maximum Gasteiger partial charge on any atom is 0.273 e. The number of aromatic amines is 1. The molecule has 3 aromatic carbocycles. The summed E-state index contributed by atoms with van der Waals surface area (Å²) in [6.45, 7) is 2.08. The molecule has 1 amide bonds. The number of halogens is 3. The number of aryl methyl sites for hydroxylation is 1. The van der Waals surface area contributed by atoms with E-state index < -0.39 is 6.04 Å². The second kappa shape index (κ2) is 8.32. The molecule has 5 rings (SSSR count). The zero-order chi connectivity index (χ0) is 23.3. The van der Waals surface area contributed by atoms with Crippen molar-refractivity contribution in [1.82, 2.24) is 15.1 Å². The minimum Gasteiger partial charge on any atom is -0.507 e. The molecule has 166 valence electrons. The lowest BCUT2D eigenvalue weighted by molar-refractivity contribution is 0.0730. The smallest absolute Gasteiger partial charge is 0.273 e. The van der Waals surface area contributed by atoms with Crippen LogP contribution in [0.5, 0.6) is 5.75 Å². The van der Waals surface area contributed by atoms with Crippen LogP contribution in [0.15, 0.2) is 65.1 Å². The largest absolute Gasteiger partial charge is 0.507 e. The number of carbonyl (C=O) groups is 1. The van der Waals surface area contributed by atoms with Crippen LogP contribution in [-0.4, -0.2) is 26.1 Å². The molecule has 1 unspecified atom stereocenters. The lowest BCUT2D eigenvalue weighted by atomic mass is 9.95. The molecule has 0 saturated heterocycles. The van der Waals surface area contributed by atoms with Crippen LogP contribution < -0.4 is 0 Å². The van der Waals surface area contributed by atoms with Gasteiger partial charge in [0.05, 0.1) is 6.04 Å². The monoisotopic (exact) mass is 525 g/mol. The molecule has 1 aromatic heterocycles. The number of nitrogens with zero attached hydrogens (tertiary/aromatic N) is 2. The Bertz CT molecular complexity index is 1390. The van der Waals surface area contributed by atoms with Gasteiger partial charge >= 0.3 is 0 Å². The van der Waals surface area contributed by atoms with Crippen molar-refractivity contribution in [2.24, 2.45) is 0 Å². The fourth-order valence-electron chi connectivity index (χ4n) is 4.23. The molecule has 1 atom stereocenters. The number of hydrogen-bond donors (Lipinski definition) is 2. The molecule has 1 aliphatic rings. The van der Waals surface area contributed by atoms with E-state index in [2.05, 4.69) is 26.1 Å². The minimum atomic E-state index is -0.469. The van der Waals surface area contributed by atoms with E-state index in [4.69, 9.17) is 11.6 Å². The van der Waals surface area contributed by atoms with E-state index in [1.54, 1.807) is 36.1 Å². The Kier molecular flexibility index (Phi) is 5.46. The predicted octanol–water partition coefficient (Wildman–Crippen LogP) is 6.39. The normalized spacial score (nSPS) is 15.2. The lowest BCUT2D eigenvalue weighted by Crippen LogP contribution is -2.29. The average molecular weight is 527 g/mol. The summed E-state index contributed by atoms with van der Waals surface area (Å²) in [4.78, 5) is 15.2. The van der Waals surface area contributed by atoms with Crippen molar-refractivity contribution in [3.05, 3.63) is 104 Å². The van der Waals surface area contributed by atoms with Gasteiger partial charge in [0, 0.05) is 27.2 Å². The first-order valence-corrected chi connectivity index (χ1v) is 11.4. The summed E-state index contributed by atoms with van der Waals surface area (Å²) in [6.07, 6.45) is 0. The number of benzene rings is 3. The van der Waals surface area contributed by atoms with Crippen LogP contribution >= 0.6 is 27.5 Å². The first-order valence-electron chi connectivity index (χ1n) is 10.2. The van der Waals surface area contributed by atoms with Gasteiger partial charge in [0.2, 0.25) is 0 Å². The SMILES string of the molecule is Cc1cc(O)c(-c2n[nH]c3c2C(c2cccc(Br)c2)N(Cc2ccc(F)cc2)C3=O)cc1Cl. The molecule has 0 bridgehead atoms. The number of nitrogens with one attached hydrogen (secondary N) is 1. The highest BCUT2D eigenvalue weighted by Gasteiger charge is 2.42. The third-order valence-corrected chi connectivity index (χ3v) is 6.73. The Labute approximate surface area is 203 Å². The van der Waals surface area contributed by atoms with Gasteiger partial charge in [-0.25, -0.2) is 4.39 Å². The van der Waals surface area contributed by atoms with Gasteiger partial charge < -0.3 is 10.0 Å². The van der Waals surface area contributed by atoms with Crippen LogP contribution in [-0.2, 0) is 6.54 Å². The fourth-order valence-corrected chi connectivity index (χ4v) is 4.81. The van der Waals surface area contributed by atoms with Crippen LogP contribution in [0, 0.1) is 12.7 Å². The number of phenolic OH excluding ortho intramolecular Hbond substituents is 1. The Morgan fingerprint density at radius 1 is 1.18 bits per heavy atom. The molecular formula is C25H18BrClFN3O2. The van der Waals surface area contributed by atoms with Gasteiger partial charge in [-0.1, -0.05) is 51.8 Å². The molecule has 2 heterocycles. The molecule has 33 heavy (non-hydrogen) atoms. The summed E-state index contributed by atoms with van der Waals surface area (Å²) in [5, 5.41) is 18.4. The zero-order valence-electron chi connectivity index (χ0n) is 17.4. The number of amides is 1. The standard InChI is InChI=1S/C25H18BrClFN3O2/c1-13-9-20(32)18(11-19(13)27)22-21-23(30-29-22)25(33)31(12-14-5-7-17(28)8-6-14)24(21)15-3-2-4-16(26)10-15/h2-11,24,32H,12H2,1H3,(H,29,30). The van der Waals surface area contributed by atoms with Crippen LogP contribution in [0.25, 0.3) is 11.3 Å². The highest BCUT2D eigenvalue weighted by atomic mass is 79.9. The predicted molar refractivity (Wildman–Crippen MR) is 128 cm³/mol. The summed E-state index contributed by atoms with van der Waals surface area (Å²) in [5.41, 5.74) is 4.33. The number of phenols is 1. The van der Waals surface area contributed by atoms with Crippen LogP contribution in [0.2, 0.25) is 5.02 Å². The van der Waals surface area contributed by atoms with Crippen molar-refractivity contribution >= 4 is 33.4 Å². The number of H-pyrrole nitrogens is 1. The molecule has 8 heteroatoms. The topological polar surface area (TPSA) is 69.2 Å². The lowest BCUT2D eigenvalue weighted by Gasteiger charge is -2.27. The van der Waals surface area contributed by atoms with E-state index in [9.17, 15) is 14.3 Å². The number of aromatic nitrogens is 2. The van der Waals surface area contributed by atoms with Gasteiger partial charge in [-0.05, 0) is 60.0 Å². The third kappa shape index (κ3) is 3.81. The number of aromatic hydroxyl groups is 1. The van der Waals surface area contributed by atoms with Crippen LogP contribution in [0.3, 0.4) is 0 Å². The van der Waals surface area contributed by atoms with E-state index in [-0.39, 0.29) is 24.0 Å². The first kappa shape index (κ1) is 21.7. The second-order valence-corrected chi connectivity index (χ2v) is 9.32. The molecule has 2 N–H and O–H groups in total. The van der Waals surface area contributed by atoms with Crippen molar-refractivity contribution in [2.45, 2.75) is 19.5 Å².